The Kier molecular flexibility index (Phi) is 4.28. The Labute approximate surface area is 172 Å². The molecular formula is C23H20FN5O. The maximum atomic E-state index is 14.1. The van der Waals surface area contributed by atoms with Gasteiger partial charge in [0.1, 0.15) is 29.0 Å². The predicted octanol–water partition coefficient (Wildman–Crippen LogP) is 4.45. The third-order valence-electron chi connectivity index (χ3n) is 5.80. The molecule has 0 saturated carbocycles. The molecule has 7 heteroatoms. The minimum Gasteiger partial charge on any atom is -0.493 e. The first kappa shape index (κ1) is 18.4. The van der Waals surface area contributed by atoms with E-state index in [0.29, 0.717) is 24.5 Å². The van der Waals surface area contributed by atoms with E-state index in [1.165, 1.54) is 6.07 Å². The number of nitrogens with zero attached hydrogens (tertiary/aromatic N) is 4. The molecule has 1 aliphatic rings. The minimum atomic E-state index is -0.289. The minimum absolute atomic E-state index is 0.106. The van der Waals surface area contributed by atoms with Crippen molar-refractivity contribution in [1.82, 2.24) is 19.7 Å². The van der Waals surface area contributed by atoms with Crippen molar-refractivity contribution in [3.8, 4) is 22.9 Å². The second-order valence-electron chi connectivity index (χ2n) is 7.63. The molecule has 4 aromatic rings. The van der Waals surface area contributed by atoms with E-state index >= 15 is 0 Å². The molecule has 0 fully saturated rings. The monoisotopic (exact) mass is 401 g/mol. The van der Waals surface area contributed by atoms with Gasteiger partial charge in [-0.1, -0.05) is 6.92 Å². The van der Waals surface area contributed by atoms with Crippen LogP contribution in [0.1, 0.15) is 41.8 Å². The summed E-state index contributed by atoms with van der Waals surface area (Å²) in [5.41, 5.74) is 5.58. The Morgan fingerprint density at radius 1 is 1.30 bits per heavy atom. The molecule has 0 amide bonds. The predicted molar refractivity (Wildman–Crippen MR) is 111 cm³/mol. The van der Waals surface area contributed by atoms with Crippen molar-refractivity contribution in [3.05, 3.63) is 65.0 Å². The fourth-order valence-electron chi connectivity index (χ4n) is 4.28. The Hall–Kier alpha value is -3.66. The second-order valence-corrected chi connectivity index (χ2v) is 7.63. The average molecular weight is 401 g/mol. The zero-order chi connectivity index (χ0) is 20.8. The fourth-order valence-corrected chi connectivity index (χ4v) is 4.28. The molecule has 5 rings (SSSR count). The lowest BCUT2D eigenvalue weighted by Gasteiger charge is -2.17. The lowest BCUT2D eigenvalue weighted by molar-refractivity contribution is 0.306. The van der Waals surface area contributed by atoms with Gasteiger partial charge in [-0.3, -0.25) is 4.68 Å². The first-order valence-corrected chi connectivity index (χ1v) is 9.92. The summed E-state index contributed by atoms with van der Waals surface area (Å²) < 4.78 is 21.7. The molecule has 30 heavy (non-hydrogen) atoms. The summed E-state index contributed by atoms with van der Waals surface area (Å²) in [6, 6.07) is 8.98. The number of H-pyrrole nitrogens is 1. The number of halogens is 1. The summed E-state index contributed by atoms with van der Waals surface area (Å²) in [6.45, 7) is 2.51. The molecule has 0 aliphatic carbocycles. The molecule has 1 atom stereocenters. The van der Waals surface area contributed by atoms with Gasteiger partial charge in [-0.2, -0.15) is 10.4 Å². The summed E-state index contributed by atoms with van der Waals surface area (Å²) in [6.07, 6.45) is 5.08. The number of benzene rings is 1. The number of nitriles is 1. The summed E-state index contributed by atoms with van der Waals surface area (Å²) in [5, 5.41) is 15.2. The number of nitrogens with one attached hydrogen (secondary N) is 1. The molecule has 1 unspecified atom stereocenters. The van der Waals surface area contributed by atoms with Crippen molar-refractivity contribution >= 4 is 11.0 Å². The standard InChI is InChI=1S/C23H20FN5O/c1-13-16-9-15(24)5-6-21(16)30-7-3-4-19-22(20(10-25)29(2)28-19)14-8-17-18(13)12-27-23(17)26-11-14/h5-6,8-9,11-13H,3-4,7H2,1-2H3,(H,26,27). The highest BCUT2D eigenvalue weighted by molar-refractivity contribution is 5.87. The number of pyridine rings is 1. The zero-order valence-electron chi connectivity index (χ0n) is 16.7. The molecule has 1 aliphatic heterocycles. The number of ether oxygens (including phenoxy) is 1. The first-order valence-electron chi connectivity index (χ1n) is 9.92. The largest absolute Gasteiger partial charge is 0.493 e. The molecule has 6 nitrogen and oxygen atoms in total. The van der Waals surface area contributed by atoms with Crippen LogP contribution in [0.4, 0.5) is 4.39 Å². The first-order chi connectivity index (χ1) is 14.6. The zero-order valence-corrected chi connectivity index (χ0v) is 16.7. The van der Waals surface area contributed by atoms with E-state index < -0.39 is 0 Å². The van der Waals surface area contributed by atoms with Gasteiger partial charge in [-0.25, -0.2) is 9.37 Å². The van der Waals surface area contributed by atoms with E-state index in [-0.39, 0.29) is 11.7 Å². The van der Waals surface area contributed by atoms with Crippen LogP contribution < -0.4 is 4.74 Å². The van der Waals surface area contributed by atoms with Crippen molar-refractivity contribution < 1.29 is 9.13 Å². The SMILES string of the molecule is CC1c2cc(F)ccc2OCCCc2nn(C)c(C#N)c2-c2cnc3[nH]cc1c3c2. The van der Waals surface area contributed by atoms with Crippen LogP contribution in [0.5, 0.6) is 5.75 Å². The van der Waals surface area contributed by atoms with Gasteiger partial charge in [-0.05, 0) is 42.7 Å². The van der Waals surface area contributed by atoms with E-state index in [0.717, 1.165) is 45.4 Å². The van der Waals surface area contributed by atoms with E-state index in [2.05, 4.69) is 21.1 Å². The van der Waals surface area contributed by atoms with Crippen molar-refractivity contribution in [1.29, 1.82) is 5.26 Å². The van der Waals surface area contributed by atoms with Crippen molar-refractivity contribution in [2.45, 2.75) is 25.7 Å². The Bertz CT molecular complexity index is 1310. The number of hydrogen-bond acceptors (Lipinski definition) is 4. The van der Waals surface area contributed by atoms with Crippen LogP contribution in [0.25, 0.3) is 22.2 Å². The van der Waals surface area contributed by atoms with E-state index in [4.69, 9.17) is 4.74 Å². The van der Waals surface area contributed by atoms with E-state index in [1.807, 2.05) is 19.2 Å². The van der Waals surface area contributed by atoms with E-state index in [1.54, 1.807) is 30.1 Å². The molecular weight excluding hydrogens is 381 g/mol. The normalized spacial score (nSPS) is 16.0. The van der Waals surface area contributed by atoms with Crippen LogP contribution in [0.15, 0.2) is 36.7 Å². The average Bonchev–Trinajstić information content (AvgIpc) is 3.30. The summed E-state index contributed by atoms with van der Waals surface area (Å²) in [5.74, 6) is 0.287. The molecule has 0 saturated heterocycles. The van der Waals surface area contributed by atoms with Gasteiger partial charge in [0, 0.05) is 47.4 Å². The van der Waals surface area contributed by atoms with Gasteiger partial charge >= 0.3 is 0 Å². The smallest absolute Gasteiger partial charge is 0.146 e. The molecule has 3 aromatic heterocycles. The Balaban J connectivity index is 1.77. The highest BCUT2D eigenvalue weighted by Gasteiger charge is 2.23. The van der Waals surface area contributed by atoms with E-state index in [9.17, 15) is 9.65 Å². The number of rotatable bonds is 0. The van der Waals surface area contributed by atoms with Crippen molar-refractivity contribution in [2.75, 3.05) is 6.61 Å². The molecule has 1 N–H and O–H groups in total. The van der Waals surface area contributed by atoms with Crippen LogP contribution in [-0.4, -0.2) is 26.4 Å². The topological polar surface area (TPSA) is 79.5 Å². The number of aromatic amines is 1. The lowest BCUT2D eigenvalue weighted by Crippen LogP contribution is -2.05. The molecule has 0 radical (unpaired) electrons. The number of aryl methyl sites for hydroxylation is 2. The van der Waals surface area contributed by atoms with Gasteiger partial charge in [-0.15, -0.1) is 0 Å². The summed E-state index contributed by atoms with van der Waals surface area (Å²) in [7, 11) is 1.78. The Morgan fingerprint density at radius 3 is 3.00 bits per heavy atom. The third kappa shape index (κ3) is 2.84. The third-order valence-corrected chi connectivity index (χ3v) is 5.80. The quantitative estimate of drug-likeness (QED) is 0.472. The van der Waals surface area contributed by atoms with Crippen LogP contribution >= 0.6 is 0 Å². The van der Waals surface area contributed by atoms with Gasteiger partial charge in [0.05, 0.1) is 12.3 Å². The molecule has 1 aromatic carbocycles. The highest BCUT2D eigenvalue weighted by atomic mass is 19.1. The number of aromatic nitrogens is 4. The second kappa shape index (κ2) is 6.99. The summed E-state index contributed by atoms with van der Waals surface area (Å²) in [4.78, 5) is 7.80. The van der Waals surface area contributed by atoms with Crippen LogP contribution in [0.2, 0.25) is 0 Å². The van der Waals surface area contributed by atoms with Crippen LogP contribution in [0, 0.1) is 17.1 Å². The molecule has 0 spiro atoms. The maximum Gasteiger partial charge on any atom is 0.146 e. The number of hydrogen-bond donors (Lipinski definition) is 1. The van der Waals surface area contributed by atoms with Crippen molar-refractivity contribution in [3.63, 3.8) is 0 Å². The number of fused-ring (bicyclic) bond motifs is 4. The summed E-state index contributed by atoms with van der Waals surface area (Å²) >= 11 is 0. The van der Waals surface area contributed by atoms with Gasteiger partial charge in [0.25, 0.3) is 0 Å². The Morgan fingerprint density at radius 2 is 2.17 bits per heavy atom. The van der Waals surface area contributed by atoms with Crippen LogP contribution in [0.3, 0.4) is 0 Å². The van der Waals surface area contributed by atoms with Crippen LogP contribution in [-0.2, 0) is 13.5 Å². The van der Waals surface area contributed by atoms with Crippen molar-refractivity contribution in [2.24, 2.45) is 7.05 Å². The maximum absolute atomic E-state index is 14.1. The van der Waals surface area contributed by atoms with Gasteiger partial charge < -0.3 is 9.72 Å². The van der Waals surface area contributed by atoms with Gasteiger partial charge in [0.15, 0.2) is 0 Å². The fraction of sp³-hybridized carbons (Fsp3) is 0.261. The molecule has 2 bridgehead atoms. The van der Waals surface area contributed by atoms with Gasteiger partial charge in [0.2, 0.25) is 0 Å². The highest BCUT2D eigenvalue weighted by Crippen LogP contribution is 2.38. The molecule has 150 valence electrons. The molecule has 4 heterocycles. The lowest BCUT2D eigenvalue weighted by atomic mass is 9.91.